The number of hydrogen-bond acceptors (Lipinski definition) is 4. The van der Waals surface area contributed by atoms with Crippen LogP contribution in [0.4, 0.5) is 0 Å². The minimum Gasteiger partial charge on any atom is -0.344 e. The van der Waals surface area contributed by atoms with Crippen molar-refractivity contribution in [2.45, 2.75) is 0 Å². The highest BCUT2D eigenvalue weighted by molar-refractivity contribution is 7.73. The summed E-state index contributed by atoms with van der Waals surface area (Å²) in [5.74, 6) is -0.438. The van der Waals surface area contributed by atoms with Crippen LogP contribution in [0.25, 0.3) is 0 Å². The van der Waals surface area contributed by atoms with Gasteiger partial charge in [0, 0.05) is 20.9 Å². The molecular formula is C4H12O5P2. The van der Waals surface area contributed by atoms with E-state index in [0.717, 1.165) is 6.66 Å². The lowest BCUT2D eigenvalue weighted by Crippen LogP contribution is -1.94. The fraction of sp³-hybridized carbons (Fsp3) is 1.00. The van der Waals surface area contributed by atoms with Crippen LogP contribution in [-0.2, 0) is 18.2 Å². The van der Waals surface area contributed by atoms with Crippen LogP contribution in [0, 0.1) is 0 Å². The summed E-state index contributed by atoms with van der Waals surface area (Å²) in [5.41, 5.74) is 0. The van der Waals surface area contributed by atoms with Crippen molar-refractivity contribution >= 4 is 15.0 Å². The van der Waals surface area contributed by atoms with E-state index in [1.54, 1.807) is 0 Å². The van der Waals surface area contributed by atoms with Crippen molar-refractivity contribution in [3.8, 4) is 0 Å². The van der Waals surface area contributed by atoms with Gasteiger partial charge in [0.2, 0.25) is 7.37 Å². The second-order valence-corrected chi connectivity index (χ2v) is 7.35. The molecule has 1 unspecified atom stereocenters. The van der Waals surface area contributed by atoms with E-state index in [9.17, 15) is 9.13 Å². The molecule has 0 amide bonds. The van der Waals surface area contributed by atoms with Gasteiger partial charge in [-0.15, -0.1) is 0 Å². The largest absolute Gasteiger partial charge is 0.344 e. The Bertz CT molecular complexity index is 199. The van der Waals surface area contributed by atoms with Crippen molar-refractivity contribution in [3.63, 3.8) is 0 Å². The van der Waals surface area contributed by atoms with Gasteiger partial charge in [0.15, 0.2) is 0 Å². The van der Waals surface area contributed by atoms with Gasteiger partial charge in [-0.1, -0.05) is 0 Å². The highest BCUT2D eigenvalue weighted by atomic mass is 31.2. The Kier molecular flexibility index (Phi) is 3.95. The van der Waals surface area contributed by atoms with Crippen LogP contribution < -0.4 is 0 Å². The van der Waals surface area contributed by atoms with Crippen LogP contribution in [-0.4, -0.2) is 31.7 Å². The van der Waals surface area contributed by atoms with E-state index < -0.39 is 20.9 Å². The third-order valence-electron chi connectivity index (χ3n) is 0.992. The molecule has 1 N–H and O–H groups in total. The van der Waals surface area contributed by atoms with Crippen LogP contribution in [0.2, 0.25) is 0 Å². The van der Waals surface area contributed by atoms with E-state index in [1.165, 1.54) is 14.2 Å². The smallest absolute Gasteiger partial charge is 0.339 e. The summed E-state index contributed by atoms with van der Waals surface area (Å²) in [6.45, 7) is 1.11. The van der Waals surface area contributed by atoms with Crippen molar-refractivity contribution in [2.24, 2.45) is 0 Å². The molecule has 0 aliphatic heterocycles. The zero-order valence-electron chi connectivity index (χ0n) is 6.68. The summed E-state index contributed by atoms with van der Waals surface area (Å²) >= 11 is 0. The first kappa shape index (κ1) is 11.3. The Labute approximate surface area is 65.7 Å². The molecule has 0 spiro atoms. The standard InChI is InChI=1S/C4H12O5P2/c1-8-11(7,9-2)4-10(3,5)6/h4H2,1-3H3,(H,5,6). The third kappa shape index (κ3) is 4.72. The molecule has 7 heteroatoms. The molecular weight excluding hydrogens is 190 g/mol. The molecule has 0 aromatic heterocycles. The molecule has 0 aromatic carbocycles. The van der Waals surface area contributed by atoms with Gasteiger partial charge in [-0.25, -0.2) is 0 Å². The van der Waals surface area contributed by atoms with Gasteiger partial charge in [0.25, 0.3) is 0 Å². The lowest BCUT2D eigenvalue weighted by Gasteiger charge is -2.14. The maximum Gasteiger partial charge on any atom is 0.339 e. The summed E-state index contributed by atoms with van der Waals surface area (Å²) in [5, 5.41) is 0. The van der Waals surface area contributed by atoms with Crippen LogP contribution >= 0.6 is 15.0 Å². The van der Waals surface area contributed by atoms with E-state index in [0.29, 0.717) is 0 Å². The van der Waals surface area contributed by atoms with Gasteiger partial charge < -0.3 is 13.9 Å². The highest BCUT2D eigenvalue weighted by Crippen LogP contribution is 2.58. The average Bonchev–Trinajstić information content (AvgIpc) is 1.84. The van der Waals surface area contributed by atoms with E-state index >= 15 is 0 Å². The average molecular weight is 202 g/mol. The monoisotopic (exact) mass is 202 g/mol. The highest BCUT2D eigenvalue weighted by Gasteiger charge is 2.29. The minimum atomic E-state index is -3.33. The van der Waals surface area contributed by atoms with Gasteiger partial charge in [0.1, 0.15) is 5.90 Å². The summed E-state index contributed by atoms with van der Waals surface area (Å²) in [7, 11) is -4.29. The molecule has 0 fully saturated rings. The van der Waals surface area contributed by atoms with Crippen molar-refractivity contribution in [1.82, 2.24) is 0 Å². The molecule has 1 atom stereocenters. The van der Waals surface area contributed by atoms with E-state index in [4.69, 9.17) is 4.89 Å². The lowest BCUT2D eigenvalue weighted by atomic mass is 11.8. The SMILES string of the molecule is COP(=O)(CP(C)(=O)O)OC. The minimum absolute atomic E-state index is 0.438. The molecule has 0 bridgehead atoms. The normalized spacial score (nSPS) is 17.8. The van der Waals surface area contributed by atoms with Crippen molar-refractivity contribution in [3.05, 3.63) is 0 Å². The van der Waals surface area contributed by atoms with Crippen LogP contribution in [0.15, 0.2) is 0 Å². The molecule has 68 valence electrons. The number of hydrogen-bond donors (Lipinski definition) is 1. The Morgan fingerprint density at radius 1 is 1.27 bits per heavy atom. The van der Waals surface area contributed by atoms with E-state index in [1.807, 2.05) is 0 Å². The molecule has 0 saturated carbocycles. The van der Waals surface area contributed by atoms with Gasteiger partial charge in [-0.2, -0.15) is 0 Å². The fourth-order valence-electron chi connectivity index (χ4n) is 0.511. The Hall–Kier alpha value is 0.340. The van der Waals surface area contributed by atoms with Crippen LogP contribution in [0.1, 0.15) is 0 Å². The molecule has 0 rings (SSSR count). The third-order valence-corrected chi connectivity index (χ3v) is 5.59. The molecule has 0 aliphatic rings. The van der Waals surface area contributed by atoms with E-state index in [2.05, 4.69) is 9.05 Å². The quantitative estimate of drug-likeness (QED) is 0.696. The Morgan fingerprint density at radius 3 is 1.73 bits per heavy atom. The first-order chi connectivity index (χ1) is 4.83. The Balaban J connectivity index is 4.34. The van der Waals surface area contributed by atoms with E-state index in [-0.39, 0.29) is 0 Å². The predicted octanol–water partition coefficient (Wildman–Crippen LogP) is 1.33. The maximum absolute atomic E-state index is 11.2. The van der Waals surface area contributed by atoms with Crippen molar-refractivity contribution in [1.29, 1.82) is 0 Å². The summed E-state index contributed by atoms with van der Waals surface area (Å²) in [6.07, 6.45) is 0. The summed E-state index contributed by atoms with van der Waals surface area (Å²) < 4.78 is 30.9. The lowest BCUT2D eigenvalue weighted by molar-refractivity contribution is 0.279. The zero-order chi connectivity index (χ0) is 9.12. The fourth-order valence-corrected chi connectivity index (χ4v) is 4.16. The number of rotatable bonds is 4. The summed E-state index contributed by atoms with van der Waals surface area (Å²) in [6, 6.07) is 0. The van der Waals surface area contributed by atoms with Gasteiger partial charge >= 0.3 is 7.60 Å². The molecule has 0 radical (unpaired) electrons. The zero-order valence-corrected chi connectivity index (χ0v) is 8.47. The first-order valence-electron chi connectivity index (χ1n) is 2.83. The van der Waals surface area contributed by atoms with Gasteiger partial charge in [0.05, 0.1) is 0 Å². The first-order valence-corrected chi connectivity index (χ1v) is 6.85. The van der Waals surface area contributed by atoms with Crippen molar-refractivity contribution in [2.75, 3.05) is 26.8 Å². The van der Waals surface area contributed by atoms with Gasteiger partial charge in [-0.05, 0) is 0 Å². The van der Waals surface area contributed by atoms with Crippen LogP contribution in [0.5, 0.6) is 0 Å². The summed E-state index contributed by atoms with van der Waals surface area (Å²) in [4.78, 5) is 8.84. The predicted molar refractivity (Wildman–Crippen MR) is 42.2 cm³/mol. The molecule has 0 saturated heterocycles. The van der Waals surface area contributed by atoms with Crippen molar-refractivity contribution < 1.29 is 23.1 Å². The molecule has 0 aromatic rings. The Morgan fingerprint density at radius 2 is 1.64 bits per heavy atom. The topological polar surface area (TPSA) is 72.8 Å². The second-order valence-electron chi connectivity index (χ2n) is 2.17. The molecule has 0 aliphatic carbocycles. The molecule has 5 nitrogen and oxygen atoms in total. The molecule has 0 heterocycles. The van der Waals surface area contributed by atoms with Gasteiger partial charge in [-0.3, -0.25) is 9.13 Å². The second kappa shape index (κ2) is 3.83. The maximum atomic E-state index is 11.2. The van der Waals surface area contributed by atoms with Crippen LogP contribution in [0.3, 0.4) is 0 Å². The molecule has 11 heavy (non-hydrogen) atoms.